The van der Waals surface area contributed by atoms with E-state index in [1.165, 1.54) is 0 Å². The van der Waals surface area contributed by atoms with Crippen LogP contribution in [0.1, 0.15) is 32.7 Å². The highest BCUT2D eigenvalue weighted by Crippen LogP contribution is 2.25. The zero-order valence-electron chi connectivity index (χ0n) is 11.0. The third-order valence-corrected chi connectivity index (χ3v) is 2.78. The van der Waals surface area contributed by atoms with Crippen molar-refractivity contribution in [3.05, 3.63) is 5.89 Å². The van der Waals surface area contributed by atoms with Gasteiger partial charge in [-0.3, -0.25) is 0 Å². The lowest BCUT2D eigenvalue weighted by Gasteiger charge is -2.41. The monoisotopic (exact) mass is 256 g/mol. The van der Waals surface area contributed by atoms with Crippen LogP contribution >= 0.6 is 0 Å². The van der Waals surface area contributed by atoms with Gasteiger partial charge in [0.15, 0.2) is 0 Å². The molecule has 7 heteroatoms. The van der Waals surface area contributed by atoms with Gasteiger partial charge >= 0.3 is 6.01 Å². The van der Waals surface area contributed by atoms with Gasteiger partial charge in [0.1, 0.15) is 0 Å². The molecule has 0 radical (unpaired) electrons. The Balaban J connectivity index is 2.15. The maximum absolute atomic E-state index is 9.24. The molecule has 1 aliphatic rings. The normalized spacial score (nSPS) is 25.2. The summed E-state index contributed by atoms with van der Waals surface area (Å²) < 4.78 is 11.2. The Labute approximate surface area is 106 Å². The summed E-state index contributed by atoms with van der Waals surface area (Å²) in [5, 5.41) is 17.1. The van der Waals surface area contributed by atoms with Crippen LogP contribution in [0.15, 0.2) is 4.42 Å². The molecule has 7 nitrogen and oxygen atoms in total. The van der Waals surface area contributed by atoms with Gasteiger partial charge in [-0.25, -0.2) is 0 Å². The molecule has 1 aromatic rings. The number of aromatic nitrogens is 2. The summed E-state index contributed by atoms with van der Waals surface area (Å²) in [7, 11) is 0. The molecule has 18 heavy (non-hydrogen) atoms. The predicted octanol–water partition coefficient (Wildman–Crippen LogP) is 0.0654. The minimum atomic E-state index is -0.366. The van der Waals surface area contributed by atoms with E-state index in [2.05, 4.69) is 10.2 Å². The number of aliphatic hydroxyl groups excluding tert-OH is 1. The van der Waals surface area contributed by atoms with Gasteiger partial charge in [-0.2, -0.15) is 0 Å². The van der Waals surface area contributed by atoms with E-state index in [-0.39, 0.29) is 24.4 Å². The van der Waals surface area contributed by atoms with Gasteiger partial charge in [-0.15, -0.1) is 5.10 Å². The molecule has 0 aromatic carbocycles. The average Bonchev–Trinajstić information content (AvgIpc) is 2.76. The molecule has 1 fully saturated rings. The summed E-state index contributed by atoms with van der Waals surface area (Å²) in [5.74, 6) is 0.412. The fourth-order valence-corrected chi connectivity index (χ4v) is 2.07. The lowest BCUT2D eigenvalue weighted by molar-refractivity contribution is -0.102. The summed E-state index contributed by atoms with van der Waals surface area (Å²) in [6, 6.07) is 0.145. The average molecular weight is 256 g/mol. The van der Waals surface area contributed by atoms with Crippen molar-refractivity contribution in [2.45, 2.75) is 38.5 Å². The van der Waals surface area contributed by atoms with Gasteiger partial charge in [-0.05, 0) is 20.8 Å². The molecular weight excluding hydrogens is 236 g/mol. The van der Waals surface area contributed by atoms with Crippen molar-refractivity contribution in [2.75, 3.05) is 24.6 Å². The highest BCUT2D eigenvalue weighted by molar-refractivity contribution is 5.27. The molecule has 0 bridgehead atoms. The number of hydrogen-bond donors (Lipinski definition) is 2. The molecule has 0 spiro atoms. The molecule has 3 N–H and O–H groups in total. The van der Waals surface area contributed by atoms with E-state index in [1.807, 2.05) is 18.7 Å². The summed E-state index contributed by atoms with van der Waals surface area (Å²) >= 11 is 0. The molecule has 102 valence electrons. The largest absolute Gasteiger partial charge is 0.406 e. The zero-order chi connectivity index (χ0) is 13.3. The van der Waals surface area contributed by atoms with Crippen molar-refractivity contribution >= 4 is 6.01 Å². The molecule has 0 saturated carbocycles. The van der Waals surface area contributed by atoms with Crippen LogP contribution in [0.3, 0.4) is 0 Å². The number of ether oxygens (including phenoxy) is 1. The molecule has 1 aromatic heterocycles. The molecule has 0 aliphatic carbocycles. The second kappa shape index (κ2) is 4.83. The first-order valence-electron chi connectivity index (χ1n) is 6.04. The van der Waals surface area contributed by atoms with Crippen molar-refractivity contribution in [1.29, 1.82) is 0 Å². The quantitative estimate of drug-likeness (QED) is 0.789. The van der Waals surface area contributed by atoms with E-state index in [4.69, 9.17) is 14.9 Å². The van der Waals surface area contributed by atoms with Crippen LogP contribution in [0, 0.1) is 0 Å². The molecule has 1 aliphatic heterocycles. The maximum atomic E-state index is 9.24. The topological polar surface area (TPSA) is 97.6 Å². The molecule has 2 atom stereocenters. The van der Waals surface area contributed by atoms with E-state index in [1.54, 1.807) is 6.92 Å². The SMILES string of the molecule is CC(N)c1nnc(N2CC(CO)OC(C)(C)C2)o1. The van der Waals surface area contributed by atoms with E-state index < -0.39 is 0 Å². The Bertz CT molecular complexity index is 405. The van der Waals surface area contributed by atoms with Crippen LogP contribution in [0.5, 0.6) is 0 Å². The summed E-state index contributed by atoms with van der Waals surface area (Å²) in [6.07, 6.45) is -0.251. The third kappa shape index (κ3) is 2.80. The van der Waals surface area contributed by atoms with E-state index in [0.717, 1.165) is 0 Å². The molecular formula is C11H20N4O3. The smallest absolute Gasteiger partial charge is 0.318 e. The number of hydrogen-bond acceptors (Lipinski definition) is 7. The van der Waals surface area contributed by atoms with Crippen LogP contribution in [-0.4, -0.2) is 46.7 Å². The third-order valence-electron chi connectivity index (χ3n) is 2.78. The van der Waals surface area contributed by atoms with Crippen molar-refractivity contribution in [2.24, 2.45) is 5.73 Å². The number of nitrogens with two attached hydrogens (primary N) is 1. The van der Waals surface area contributed by atoms with Gasteiger partial charge in [-0.1, -0.05) is 5.10 Å². The van der Waals surface area contributed by atoms with Crippen LogP contribution in [0.2, 0.25) is 0 Å². The number of anilines is 1. The van der Waals surface area contributed by atoms with Crippen molar-refractivity contribution in [3.8, 4) is 0 Å². The Morgan fingerprint density at radius 2 is 2.28 bits per heavy atom. The van der Waals surface area contributed by atoms with Crippen LogP contribution in [0.25, 0.3) is 0 Å². The highest BCUT2D eigenvalue weighted by atomic mass is 16.5. The van der Waals surface area contributed by atoms with E-state index in [0.29, 0.717) is 25.0 Å². The molecule has 0 amide bonds. The van der Waals surface area contributed by atoms with E-state index in [9.17, 15) is 5.11 Å². The van der Waals surface area contributed by atoms with Gasteiger partial charge in [0, 0.05) is 0 Å². The van der Waals surface area contributed by atoms with Crippen LogP contribution in [-0.2, 0) is 4.74 Å². The Morgan fingerprint density at radius 1 is 1.56 bits per heavy atom. The molecule has 2 unspecified atom stereocenters. The number of nitrogens with zero attached hydrogens (tertiary/aromatic N) is 3. The van der Waals surface area contributed by atoms with Gasteiger partial charge in [0.05, 0.1) is 37.4 Å². The van der Waals surface area contributed by atoms with Crippen molar-refractivity contribution < 1.29 is 14.3 Å². The zero-order valence-corrected chi connectivity index (χ0v) is 11.0. The second-order valence-corrected chi connectivity index (χ2v) is 5.27. The Kier molecular flexibility index (Phi) is 3.56. The van der Waals surface area contributed by atoms with Crippen LogP contribution < -0.4 is 10.6 Å². The van der Waals surface area contributed by atoms with Crippen molar-refractivity contribution in [1.82, 2.24) is 10.2 Å². The number of rotatable bonds is 3. The standard InChI is InChI=1S/C11H20N4O3/c1-7(12)9-13-14-10(17-9)15-4-8(5-16)18-11(2,3)6-15/h7-8,16H,4-6,12H2,1-3H3. The fourth-order valence-electron chi connectivity index (χ4n) is 2.07. The summed E-state index contributed by atoms with van der Waals surface area (Å²) in [5.41, 5.74) is 5.32. The van der Waals surface area contributed by atoms with E-state index >= 15 is 0 Å². The first kappa shape index (κ1) is 13.3. The van der Waals surface area contributed by atoms with Gasteiger partial charge in [0.2, 0.25) is 5.89 Å². The van der Waals surface area contributed by atoms with Crippen molar-refractivity contribution in [3.63, 3.8) is 0 Å². The second-order valence-electron chi connectivity index (χ2n) is 5.27. The highest BCUT2D eigenvalue weighted by Gasteiger charge is 2.35. The lowest BCUT2D eigenvalue weighted by atomic mass is 10.1. The lowest BCUT2D eigenvalue weighted by Crippen LogP contribution is -2.54. The Hall–Kier alpha value is -1.18. The Morgan fingerprint density at radius 3 is 2.83 bits per heavy atom. The van der Waals surface area contributed by atoms with Gasteiger partial charge in [0.25, 0.3) is 0 Å². The first-order valence-corrected chi connectivity index (χ1v) is 6.04. The molecule has 2 rings (SSSR count). The number of aliphatic hydroxyl groups is 1. The number of morpholine rings is 1. The fraction of sp³-hybridized carbons (Fsp3) is 0.818. The molecule has 1 saturated heterocycles. The summed E-state index contributed by atoms with van der Waals surface area (Å²) in [4.78, 5) is 1.92. The molecule has 2 heterocycles. The minimum Gasteiger partial charge on any atom is -0.406 e. The first-order chi connectivity index (χ1) is 8.41. The van der Waals surface area contributed by atoms with Gasteiger partial charge < -0.3 is 24.9 Å². The maximum Gasteiger partial charge on any atom is 0.318 e. The predicted molar refractivity (Wildman–Crippen MR) is 65.2 cm³/mol. The van der Waals surface area contributed by atoms with Crippen LogP contribution in [0.4, 0.5) is 6.01 Å². The minimum absolute atomic E-state index is 0.0335. The summed E-state index contributed by atoms with van der Waals surface area (Å²) in [6.45, 7) is 6.84.